The summed E-state index contributed by atoms with van der Waals surface area (Å²) in [4.78, 5) is 0. The molecule has 0 spiro atoms. The second-order valence-corrected chi connectivity index (χ2v) is 6.68. The Morgan fingerprint density at radius 3 is 2.57 bits per heavy atom. The Bertz CT molecular complexity index is 656. The first kappa shape index (κ1) is 16.3. The van der Waals surface area contributed by atoms with Crippen LogP contribution < -0.4 is 16.2 Å². The minimum Gasteiger partial charge on any atom is -0.493 e. The first-order valence-electron chi connectivity index (χ1n) is 8.12. The van der Waals surface area contributed by atoms with Gasteiger partial charge in [-0.1, -0.05) is 41.9 Å². The van der Waals surface area contributed by atoms with Gasteiger partial charge in [0.1, 0.15) is 5.75 Å². The summed E-state index contributed by atoms with van der Waals surface area (Å²) < 4.78 is 6.15. The third-order valence-electron chi connectivity index (χ3n) is 4.21. The molecule has 4 heteroatoms. The monoisotopic (exact) mass is 330 g/mol. The number of hydrogen-bond acceptors (Lipinski definition) is 3. The fraction of sp³-hybridized carbons (Fsp3) is 0.368. The molecule has 2 aromatic rings. The van der Waals surface area contributed by atoms with Crippen LogP contribution in [0.25, 0.3) is 0 Å². The predicted molar refractivity (Wildman–Crippen MR) is 94.9 cm³/mol. The molecular weight excluding hydrogens is 308 g/mol. The molecule has 1 saturated carbocycles. The second kappa shape index (κ2) is 7.35. The lowest BCUT2D eigenvalue weighted by Gasteiger charge is -2.20. The molecular formula is C19H23ClN2O. The van der Waals surface area contributed by atoms with Gasteiger partial charge in [-0.15, -0.1) is 0 Å². The summed E-state index contributed by atoms with van der Waals surface area (Å²) in [6, 6.07) is 13.9. The molecule has 4 N–H and O–H groups in total. The number of ether oxygens (including phenoxy) is 1. The van der Waals surface area contributed by atoms with Crippen LogP contribution in [0.5, 0.6) is 5.75 Å². The minimum absolute atomic E-state index is 0.266. The van der Waals surface area contributed by atoms with Gasteiger partial charge in [-0.25, -0.2) is 0 Å². The van der Waals surface area contributed by atoms with Crippen molar-refractivity contribution in [3.63, 3.8) is 0 Å². The zero-order chi connectivity index (χ0) is 16.2. The first-order chi connectivity index (χ1) is 11.2. The predicted octanol–water partition coefficient (Wildman–Crippen LogP) is 3.68. The number of halogens is 1. The van der Waals surface area contributed by atoms with E-state index in [2.05, 4.69) is 12.1 Å². The van der Waals surface area contributed by atoms with Crippen LogP contribution in [0.1, 0.15) is 35.6 Å². The maximum Gasteiger partial charge on any atom is 0.127 e. The van der Waals surface area contributed by atoms with Crippen LogP contribution in [-0.2, 0) is 6.42 Å². The van der Waals surface area contributed by atoms with E-state index in [0.29, 0.717) is 17.5 Å². The summed E-state index contributed by atoms with van der Waals surface area (Å²) in [6.07, 6.45) is 3.27. The molecule has 23 heavy (non-hydrogen) atoms. The molecule has 0 bridgehead atoms. The highest BCUT2D eigenvalue weighted by atomic mass is 35.5. The van der Waals surface area contributed by atoms with E-state index in [1.807, 2.05) is 30.3 Å². The molecule has 1 atom stereocenters. The molecule has 0 saturated heterocycles. The van der Waals surface area contributed by atoms with Crippen molar-refractivity contribution in [1.82, 2.24) is 0 Å². The summed E-state index contributed by atoms with van der Waals surface area (Å²) in [5.41, 5.74) is 15.2. The Morgan fingerprint density at radius 2 is 1.91 bits per heavy atom. The third kappa shape index (κ3) is 4.25. The number of nitrogens with two attached hydrogens (primary N) is 2. The molecule has 0 amide bonds. The van der Waals surface area contributed by atoms with E-state index < -0.39 is 0 Å². The van der Waals surface area contributed by atoms with Gasteiger partial charge in [-0.05, 0) is 36.5 Å². The zero-order valence-electron chi connectivity index (χ0n) is 13.2. The van der Waals surface area contributed by atoms with Gasteiger partial charge in [0.25, 0.3) is 0 Å². The van der Waals surface area contributed by atoms with E-state index in [9.17, 15) is 0 Å². The average Bonchev–Trinajstić information content (AvgIpc) is 3.38. The van der Waals surface area contributed by atoms with E-state index in [-0.39, 0.29) is 6.04 Å². The van der Waals surface area contributed by atoms with Crippen LogP contribution in [0.4, 0.5) is 0 Å². The Hall–Kier alpha value is -1.55. The third-order valence-corrected chi connectivity index (χ3v) is 4.43. The smallest absolute Gasteiger partial charge is 0.127 e. The van der Waals surface area contributed by atoms with Gasteiger partial charge in [-0.3, -0.25) is 0 Å². The van der Waals surface area contributed by atoms with Crippen molar-refractivity contribution in [3.8, 4) is 5.75 Å². The molecule has 0 heterocycles. The number of rotatable bonds is 7. The van der Waals surface area contributed by atoms with E-state index in [1.165, 1.54) is 18.4 Å². The van der Waals surface area contributed by atoms with E-state index in [0.717, 1.165) is 29.9 Å². The van der Waals surface area contributed by atoms with Gasteiger partial charge < -0.3 is 16.2 Å². The molecule has 1 aliphatic rings. The van der Waals surface area contributed by atoms with Crippen molar-refractivity contribution >= 4 is 11.6 Å². The maximum absolute atomic E-state index is 6.31. The summed E-state index contributed by atoms with van der Waals surface area (Å²) >= 11 is 6.31. The fourth-order valence-electron chi connectivity index (χ4n) is 2.68. The van der Waals surface area contributed by atoms with Crippen LogP contribution in [0.3, 0.4) is 0 Å². The number of benzene rings is 2. The summed E-state index contributed by atoms with van der Waals surface area (Å²) in [5.74, 6) is 1.54. The van der Waals surface area contributed by atoms with Crippen molar-refractivity contribution in [2.75, 3.05) is 13.2 Å². The van der Waals surface area contributed by atoms with Crippen molar-refractivity contribution < 1.29 is 4.74 Å². The van der Waals surface area contributed by atoms with Gasteiger partial charge in [0.05, 0.1) is 6.61 Å². The van der Waals surface area contributed by atoms with E-state index >= 15 is 0 Å². The van der Waals surface area contributed by atoms with Crippen LogP contribution in [0.2, 0.25) is 5.02 Å². The Morgan fingerprint density at radius 1 is 1.17 bits per heavy atom. The molecule has 0 aromatic heterocycles. The fourth-order valence-corrected chi connectivity index (χ4v) is 2.93. The standard InChI is InChI=1S/C19H23ClN2O/c20-16-9-15(8-13-4-2-1-3-5-13)19(23-12-14-6-7-14)17(10-16)18(22)11-21/h1-5,9-10,14,18H,6-8,11-12,21-22H2. The topological polar surface area (TPSA) is 61.3 Å². The van der Waals surface area contributed by atoms with Gasteiger partial charge in [0.15, 0.2) is 0 Å². The summed E-state index contributed by atoms with van der Waals surface area (Å²) in [6.45, 7) is 1.11. The largest absolute Gasteiger partial charge is 0.493 e. The van der Waals surface area contributed by atoms with Crippen molar-refractivity contribution in [1.29, 1.82) is 0 Å². The molecule has 3 nitrogen and oxygen atoms in total. The molecule has 0 radical (unpaired) electrons. The SMILES string of the molecule is NCC(N)c1cc(Cl)cc(Cc2ccccc2)c1OCC1CC1. The first-order valence-corrected chi connectivity index (χ1v) is 8.50. The average molecular weight is 331 g/mol. The van der Waals surface area contributed by atoms with Crippen molar-refractivity contribution in [2.45, 2.75) is 25.3 Å². The van der Waals surface area contributed by atoms with Crippen LogP contribution >= 0.6 is 11.6 Å². The lowest BCUT2D eigenvalue weighted by molar-refractivity contribution is 0.292. The van der Waals surface area contributed by atoms with Crippen LogP contribution in [0, 0.1) is 5.92 Å². The second-order valence-electron chi connectivity index (χ2n) is 6.24. The van der Waals surface area contributed by atoms with Gasteiger partial charge >= 0.3 is 0 Å². The Kier molecular flexibility index (Phi) is 5.21. The van der Waals surface area contributed by atoms with Crippen LogP contribution in [-0.4, -0.2) is 13.2 Å². The van der Waals surface area contributed by atoms with Gasteiger partial charge in [-0.2, -0.15) is 0 Å². The molecule has 2 aromatic carbocycles. The number of hydrogen-bond donors (Lipinski definition) is 2. The Balaban J connectivity index is 1.95. The lowest BCUT2D eigenvalue weighted by atomic mass is 9.98. The lowest BCUT2D eigenvalue weighted by Crippen LogP contribution is -2.22. The summed E-state index contributed by atoms with van der Waals surface area (Å²) in [7, 11) is 0. The molecule has 3 rings (SSSR count). The highest BCUT2D eigenvalue weighted by Crippen LogP contribution is 2.36. The van der Waals surface area contributed by atoms with E-state index in [4.69, 9.17) is 27.8 Å². The van der Waals surface area contributed by atoms with Crippen molar-refractivity contribution in [2.24, 2.45) is 17.4 Å². The van der Waals surface area contributed by atoms with Gasteiger partial charge in [0, 0.05) is 35.2 Å². The molecule has 122 valence electrons. The molecule has 1 aliphatic carbocycles. The van der Waals surface area contributed by atoms with E-state index in [1.54, 1.807) is 0 Å². The highest BCUT2D eigenvalue weighted by molar-refractivity contribution is 6.30. The molecule has 0 aliphatic heterocycles. The quantitative estimate of drug-likeness (QED) is 0.814. The highest BCUT2D eigenvalue weighted by Gasteiger charge is 2.24. The maximum atomic E-state index is 6.31. The van der Waals surface area contributed by atoms with Gasteiger partial charge in [0.2, 0.25) is 0 Å². The summed E-state index contributed by atoms with van der Waals surface area (Å²) in [5, 5.41) is 0.675. The molecule has 1 fully saturated rings. The molecule has 1 unspecified atom stereocenters. The normalized spacial score (nSPS) is 15.4. The Labute approximate surface area is 142 Å². The van der Waals surface area contributed by atoms with Crippen LogP contribution in [0.15, 0.2) is 42.5 Å². The van der Waals surface area contributed by atoms with Crippen molar-refractivity contribution in [3.05, 3.63) is 64.2 Å². The zero-order valence-corrected chi connectivity index (χ0v) is 13.9. The minimum atomic E-state index is -0.266.